The Morgan fingerprint density at radius 3 is 2.80 bits per heavy atom. The molecule has 0 aliphatic rings. The molecule has 152 valence electrons. The molecule has 0 saturated carbocycles. The molecule has 1 amide bonds. The first kappa shape index (κ1) is 20.6. The Balaban J connectivity index is 1.58. The fourth-order valence-corrected chi connectivity index (χ4v) is 5.45. The van der Waals surface area contributed by atoms with Crippen LogP contribution in [0.1, 0.15) is 4.88 Å². The van der Waals surface area contributed by atoms with Crippen LogP contribution in [0, 0.1) is 0 Å². The third-order valence-corrected chi connectivity index (χ3v) is 7.36. The molecule has 4 aromatic rings. The molecule has 0 spiro atoms. The number of nitrogens with one attached hydrogen (secondary N) is 1. The number of carbonyl (C=O) groups excluding carboxylic acids is 1. The lowest BCUT2D eigenvalue weighted by Gasteiger charge is -2.10. The summed E-state index contributed by atoms with van der Waals surface area (Å²) in [7, 11) is 0. The number of benzene rings is 1. The van der Waals surface area contributed by atoms with Crippen molar-refractivity contribution in [3.8, 4) is 10.4 Å². The highest BCUT2D eigenvalue weighted by Crippen LogP contribution is 2.31. The van der Waals surface area contributed by atoms with Gasteiger partial charge >= 0.3 is 0 Å². The lowest BCUT2D eigenvalue weighted by molar-refractivity contribution is -0.118. The highest BCUT2D eigenvalue weighted by Gasteiger charge is 2.16. The highest BCUT2D eigenvalue weighted by atomic mass is 32.2. The van der Waals surface area contributed by atoms with E-state index in [1.807, 2.05) is 53.9 Å². The maximum absolute atomic E-state index is 13.1. The predicted molar refractivity (Wildman–Crippen MR) is 126 cm³/mol. The summed E-state index contributed by atoms with van der Waals surface area (Å²) >= 11 is 4.31. The molecule has 0 bridgehead atoms. The molecular weight excluding hydrogens is 434 g/mol. The van der Waals surface area contributed by atoms with Crippen molar-refractivity contribution in [2.75, 3.05) is 5.75 Å². The Bertz CT molecular complexity index is 1230. The van der Waals surface area contributed by atoms with E-state index in [9.17, 15) is 9.59 Å². The standard InChI is InChI=1S/C22H19N3O2S3/c1-2-10-25-21(27)20-17(12-18(30-20)15-7-4-3-5-8-15)24-22(25)29-14-19(26)23-13-16-9-6-11-28-16/h2-9,11-12H,1,10,13-14H2,(H,23,26). The summed E-state index contributed by atoms with van der Waals surface area (Å²) < 4.78 is 2.19. The average Bonchev–Trinajstić information content (AvgIpc) is 3.44. The first-order valence-electron chi connectivity index (χ1n) is 9.28. The summed E-state index contributed by atoms with van der Waals surface area (Å²) in [5.74, 6) is 0.0964. The summed E-state index contributed by atoms with van der Waals surface area (Å²) in [6.45, 7) is 4.61. The van der Waals surface area contributed by atoms with Crippen LogP contribution < -0.4 is 10.9 Å². The summed E-state index contributed by atoms with van der Waals surface area (Å²) in [4.78, 5) is 32.1. The third-order valence-electron chi connectivity index (χ3n) is 4.34. The van der Waals surface area contributed by atoms with Crippen molar-refractivity contribution in [2.24, 2.45) is 0 Å². The van der Waals surface area contributed by atoms with Gasteiger partial charge in [0.25, 0.3) is 5.56 Å². The van der Waals surface area contributed by atoms with E-state index in [1.165, 1.54) is 23.1 Å². The van der Waals surface area contributed by atoms with E-state index < -0.39 is 0 Å². The number of thioether (sulfide) groups is 1. The topological polar surface area (TPSA) is 64.0 Å². The minimum atomic E-state index is -0.103. The zero-order chi connectivity index (χ0) is 20.9. The summed E-state index contributed by atoms with van der Waals surface area (Å²) in [5, 5.41) is 5.41. The van der Waals surface area contributed by atoms with Gasteiger partial charge in [0, 0.05) is 16.3 Å². The quantitative estimate of drug-likeness (QED) is 0.237. The molecule has 8 heteroatoms. The Morgan fingerprint density at radius 2 is 2.07 bits per heavy atom. The van der Waals surface area contributed by atoms with Gasteiger partial charge in [0.05, 0.1) is 17.8 Å². The van der Waals surface area contributed by atoms with E-state index in [2.05, 4.69) is 11.9 Å². The summed E-state index contributed by atoms with van der Waals surface area (Å²) in [6, 6.07) is 15.8. The maximum atomic E-state index is 13.1. The normalized spacial score (nSPS) is 10.9. The SMILES string of the molecule is C=CCn1c(SCC(=O)NCc2cccs2)nc2cc(-c3ccccc3)sc2c1=O. The smallest absolute Gasteiger partial charge is 0.272 e. The van der Waals surface area contributed by atoms with Crippen LogP contribution in [-0.4, -0.2) is 21.2 Å². The van der Waals surface area contributed by atoms with Gasteiger partial charge < -0.3 is 5.32 Å². The molecule has 3 aromatic heterocycles. The lowest BCUT2D eigenvalue weighted by Crippen LogP contribution is -2.26. The molecule has 3 heterocycles. The molecule has 0 atom stereocenters. The van der Waals surface area contributed by atoms with E-state index in [0.29, 0.717) is 28.5 Å². The van der Waals surface area contributed by atoms with Crippen LogP contribution in [0.4, 0.5) is 0 Å². The van der Waals surface area contributed by atoms with Crippen molar-refractivity contribution in [1.82, 2.24) is 14.9 Å². The zero-order valence-corrected chi connectivity index (χ0v) is 18.5. The Hall–Kier alpha value is -2.68. The number of amides is 1. The van der Waals surface area contributed by atoms with Crippen molar-refractivity contribution in [3.63, 3.8) is 0 Å². The van der Waals surface area contributed by atoms with E-state index in [4.69, 9.17) is 4.98 Å². The number of fused-ring (bicyclic) bond motifs is 1. The molecule has 1 N–H and O–H groups in total. The number of hydrogen-bond donors (Lipinski definition) is 1. The van der Waals surface area contributed by atoms with Crippen molar-refractivity contribution in [2.45, 2.75) is 18.2 Å². The van der Waals surface area contributed by atoms with E-state index in [1.54, 1.807) is 22.0 Å². The number of allylic oxidation sites excluding steroid dienone is 1. The van der Waals surface area contributed by atoms with Crippen LogP contribution in [-0.2, 0) is 17.9 Å². The Kier molecular flexibility index (Phi) is 6.47. The Morgan fingerprint density at radius 1 is 1.23 bits per heavy atom. The fraction of sp³-hybridized carbons (Fsp3) is 0.136. The largest absolute Gasteiger partial charge is 0.350 e. The van der Waals surface area contributed by atoms with Crippen LogP contribution in [0.15, 0.2) is 76.5 Å². The number of carbonyl (C=O) groups is 1. The second-order valence-corrected chi connectivity index (χ2v) is 9.46. The minimum absolute atomic E-state index is 0.0943. The maximum Gasteiger partial charge on any atom is 0.272 e. The number of nitrogens with zero attached hydrogens (tertiary/aromatic N) is 2. The predicted octanol–water partition coefficient (Wildman–Crippen LogP) is 4.78. The molecule has 0 saturated heterocycles. The van der Waals surface area contributed by atoms with Crippen LogP contribution in [0.5, 0.6) is 0 Å². The van der Waals surface area contributed by atoms with Gasteiger partial charge in [-0.25, -0.2) is 4.98 Å². The molecule has 5 nitrogen and oxygen atoms in total. The van der Waals surface area contributed by atoms with Gasteiger partial charge in [0.2, 0.25) is 5.91 Å². The first-order chi connectivity index (χ1) is 14.7. The van der Waals surface area contributed by atoms with Gasteiger partial charge in [-0.15, -0.1) is 29.3 Å². The first-order valence-corrected chi connectivity index (χ1v) is 12.0. The molecule has 0 fully saturated rings. The van der Waals surface area contributed by atoms with Crippen LogP contribution in [0.3, 0.4) is 0 Å². The minimum Gasteiger partial charge on any atom is -0.350 e. The lowest BCUT2D eigenvalue weighted by atomic mass is 10.2. The van der Waals surface area contributed by atoms with E-state index in [0.717, 1.165) is 15.3 Å². The molecule has 0 unspecified atom stereocenters. The second-order valence-electron chi connectivity index (χ2n) is 6.43. The van der Waals surface area contributed by atoms with Gasteiger partial charge in [-0.2, -0.15) is 0 Å². The number of aromatic nitrogens is 2. The number of hydrogen-bond acceptors (Lipinski definition) is 6. The third kappa shape index (κ3) is 4.56. The fourth-order valence-electron chi connectivity index (χ4n) is 2.92. The van der Waals surface area contributed by atoms with E-state index >= 15 is 0 Å². The zero-order valence-electron chi connectivity index (χ0n) is 16.0. The monoisotopic (exact) mass is 453 g/mol. The van der Waals surface area contributed by atoms with Gasteiger partial charge in [-0.3, -0.25) is 14.2 Å². The number of thiophene rings is 2. The van der Waals surface area contributed by atoms with Gasteiger partial charge in [-0.05, 0) is 23.1 Å². The van der Waals surface area contributed by atoms with Crippen molar-refractivity contribution in [3.05, 3.63) is 81.8 Å². The summed E-state index contributed by atoms with van der Waals surface area (Å²) in [5.41, 5.74) is 1.61. The van der Waals surface area contributed by atoms with Gasteiger partial charge in [0.1, 0.15) is 4.70 Å². The highest BCUT2D eigenvalue weighted by molar-refractivity contribution is 7.99. The van der Waals surface area contributed by atoms with Crippen molar-refractivity contribution in [1.29, 1.82) is 0 Å². The van der Waals surface area contributed by atoms with Crippen molar-refractivity contribution >= 4 is 50.6 Å². The molecule has 0 aliphatic heterocycles. The van der Waals surface area contributed by atoms with Crippen LogP contribution >= 0.6 is 34.4 Å². The van der Waals surface area contributed by atoms with Gasteiger partial charge in [-0.1, -0.05) is 54.2 Å². The molecular formula is C22H19N3O2S3. The molecule has 1 aromatic carbocycles. The van der Waals surface area contributed by atoms with Gasteiger partial charge in [0.15, 0.2) is 5.16 Å². The van der Waals surface area contributed by atoms with Crippen LogP contribution in [0.2, 0.25) is 0 Å². The van der Waals surface area contributed by atoms with E-state index in [-0.39, 0.29) is 17.2 Å². The molecule has 0 radical (unpaired) electrons. The molecule has 4 rings (SSSR count). The summed E-state index contributed by atoms with van der Waals surface area (Å²) in [6.07, 6.45) is 1.67. The Labute approximate surface area is 186 Å². The number of rotatable bonds is 8. The molecule has 0 aliphatic carbocycles. The van der Waals surface area contributed by atoms with Crippen LogP contribution in [0.25, 0.3) is 20.7 Å². The van der Waals surface area contributed by atoms with Crippen molar-refractivity contribution < 1.29 is 4.79 Å². The molecule has 30 heavy (non-hydrogen) atoms. The second kappa shape index (κ2) is 9.42. The average molecular weight is 454 g/mol.